The number of rotatable bonds is 6. The number of nitrogens with two attached hydrogens (primary N) is 1. The predicted molar refractivity (Wildman–Crippen MR) is 111 cm³/mol. The van der Waals surface area contributed by atoms with Crippen LogP contribution in [0.2, 0.25) is 0 Å². The Morgan fingerprint density at radius 1 is 1.07 bits per heavy atom. The third kappa shape index (κ3) is 3.65. The lowest BCUT2D eigenvalue weighted by molar-refractivity contribution is -0.139. The van der Waals surface area contributed by atoms with Gasteiger partial charge in [-0.1, -0.05) is 23.9 Å². The van der Waals surface area contributed by atoms with Crippen LogP contribution in [0.15, 0.2) is 46.3 Å². The maximum atomic E-state index is 13.0. The van der Waals surface area contributed by atoms with Crippen molar-refractivity contribution in [2.24, 2.45) is 5.73 Å². The first-order chi connectivity index (χ1) is 14.3. The van der Waals surface area contributed by atoms with Crippen molar-refractivity contribution < 1.29 is 28.6 Å². The maximum Gasteiger partial charge on any atom is 0.338 e. The van der Waals surface area contributed by atoms with Crippen LogP contribution in [0.4, 0.5) is 0 Å². The highest BCUT2D eigenvalue weighted by Gasteiger charge is 2.49. The summed E-state index contributed by atoms with van der Waals surface area (Å²) in [6.45, 7) is 5.35. The number of hydrogen-bond donors (Lipinski definition) is 1. The third-order valence-electron chi connectivity index (χ3n) is 4.82. The average molecular weight is 432 g/mol. The minimum absolute atomic E-state index is 0.0285. The lowest BCUT2D eigenvalue weighted by Gasteiger charge is -2.33. The Balaban J connectivity index is 2.27. The zero-order valence-corrected chi connectivity index (χ0v) is 18.1. The number of carbonyl (C=O) groups is 3. The second-order valence-corrected chi connectivity index (χ2v) is 7.93. The van der Waals surface area contributed by atoms with Crippen LogP contribution in [-0.2, 0) is 23.9 Å². The van der Waals surface area contributed by atoms with E-state index in [1.165, 1.54) is 16.7 Å². The van der Waals surface area contributed by atoms with E-state index >= 15 is 0 Å². The second kappa shape index (κ2) is 8.83. The molecule has 0 saturated carbocycles. The highest BCUT2D eigenvalue weighted by Crippen LogP contribution is 2.49. The molecule has 2 atom stereocenters. The summed E-state index contributed by atoms with van der Waals surface area (Å²) in [5.41, 5.74) is 7.19. The number of amides is 1. The number of methoxy groups -OCH3 is 1. The Hall–Kier alpha value is -2.94. The van der Waals surface area contributed by atoms with Gasteiger partial charge >= 0.3 is 11.9 Å². The van der Waals surface area contributed by atoms with Gasteiger partial charge in [0.1, 0.15) is 11.6 Å². The lowest BCUT2D eigenvalue weighted by Crippen LogP contribution is -2.40. The number of benzene rings is 1. The molecule has 0 radical (unpaired) electrons. The molecule has 3 rings (SSSR count). The van der Waals surface area contributed by atoms with E-state index in [4.69, 9.17) is 19.9 Å². The Morgan fingerprint density at radius 3 is 2.17 bits per heavy atom. The van der Waals surface area contributed by atoms with Gasteiger partial charge in [-0.15, -0.1) is 0 Å². The van der Waals surface area contributed by atoms with E-state index < -0.39 is 23.1 Å². The fourth-order valence-corrected chi connectivity index (χ4v) is 4.64. The number of nitrogens with zero attached hydrogens (tertiary/aromatic N) is 1. The zero-order chi connectivity index (χ0) is 22.0. The molecule has 2 aliphatic rings. The second-order valence-electron chi connectivity index (χ2n) is 6.60. The number of hydrogen-bond acceptors (Lipinski definition) is 8. The highest BCUT2D eigenvalue weighted by atomic mass is 32.2. The first kappa shape index (κ1) is 21.8. The van der Waals surface area contributed by atoms with Crippen molar-refractivity contribution in [3.8, 4) is 5.75 Å². The summed E-state index contributed by atoms with van der Waals surface area (Å²) in [7, 11) is 1.55. The van der Waals surface area contributed by atoms with Crippen LogP contribution in [0, 0.1) is 0 Å². The lowest BCUT2D eigenvalue weighted by atomic mass is 9.82. The molecule has 0 bridgehead atoms. The first-order valence-electron chi connectivity index (χ1n) is 9.58. The van der Waals surface area contributed by atoms with Gasteiger partial charge in [-0.2, -0.15) is 0 Å². The molecular formula is C21H24N2O6S. The summed E-state index contributed by atoms with van der Waals surface area (Å²) in [6, 6.07) is 6.94. The summed E-state index contributed by atoms with van der Waals surface area (Å²) < 4.78 is 15.7. The molecule has 1 saturated heterocycles. The molecular weight excluding hydrogens is 408 g/mol. The van der Waals surface area contributed by atoms with Gasteiger partial charge in [-0.3, -0.25) is 9.69 Å². The smallest absolute Gasteiger partial charge is 0.338 e. The van der Waals surface area contributed by atoms with Crippen molar-refractivity contribution in [1.82, 2.24) is 4.90 Å². The van der Waals surface area contributed by atoms with E-state index in [0.717, 1.165) is 0 Å². The van der Waals surface area contributed by atoms with Crippen LogP contribution in [0.3, 0.4) is 0 Å². The van der Waals surface area contributed by atoms with Gasteiger partial charge in [0.25, 0.3) is 0 Å². The van der Waals surface area contributed by atoms with Gasteiger partial charge in [0.05, 0.1) is 47.7 Å². The minimum atomic E-state index is -0.842. The standard InChI is InChI=1S/C21H24N2O6S/c1-5-28-20(25)15-14(12-7-9-13(27-4)10-8-12)16(21(26)29-6-2)19-23(17(15)22)18(24)11(3)30-19/h7-11,14H,5-6,22H2,1-4H3/t11-,14+/m1/s1. The van der Waals surface area contributed by atoms with Crippen LogP contribution in [0.25, 0.3) is 0 Å². The molecule has 160 valence electrons. The summed E-state index contributed by atoms with van der Waals surface area (Å²) in [4.78, 5) is 39.9. The summed E-state index contributed by atoms with van der Waals surface area (Å²) in [5.74, 6) is -1.85. The number of esters is 2. The quantitative estimate of drug-likeness (QED) is 0.682. The molecule has 2 heterocycles. The fourth-order valence-electron chi connectivity index (χ4n) is 3.48. The molecule has 2 aliphatic heterocycles. The summed E-state index contributed by atoms with van der Waals surface area (Å²) >= 11 is 1.22. The highest BCUT2D eigenvalue weighted by molar-refractivity contribution is 8.04. The molecule has 1 aromatic rings. The SMILES string of the molecule is CCOC(=O)C1=C(N)N2C(=O)[C@@H](C)SC2=C(C(=O)OCC)[C@H]1c1ccc(OC)cc1. The number of ether oxygens (including phenoxy) is 3. The van der Waals surface area contributed by atoms with E-state index in [1.54, 1.807) is 52.1 Å². The summed E-state index contributed by atoms with van der Waals surface area (Å²) in [6.07, 6.45) is 0. The van der Waals surface area contributed by atoms with Crippen LogP contribution < -0.4 is 10.5 Å². The van der Waals surface area contributed by atoms with E-state index in [1.807, 2.05) is 0 Å². The first-order valence-corrected chi connectivity index (χ1v) is 10.5. The van der Waals surface area contributed by atoms with Crippen LogP contribution in [0.5, 0.6) is 5.75 Å². The van der Waals surface area contributed by atoms with E-state index in [9.17, 15) is 14.4 Å². The van der Waals surface area contributed by atoms with Crippen molar-refractivity contribution in [1.29, 1.82) is 0 Å². The number of fused-ring (bicyclic) bond motifs is 1. The molecule has 30 heavy (non-hydrogen) atoms. The number of carbonyl (C=O) groups excluding carboxylic acids is 3. The van der Waals surface area contributed by atoms with Crippen LogP contribution >= 0.6 is 11.8 Å². The monoisotopic (exact) mass is 432 g/mol. The van der Waals surface area contributed by atoms with Gasteiger partial charge < -0.3 is 19.9 Å². The van der Waals surface area contributed by atoms with Crippen molar-refractivity contribution in [3.05, 3.63) is 51.8 Å². The molecule has 9 heteroatoms. The minimum Gasteiger partial charge on any atom is -0.497 e. The molecule has 0 spiro atoms. The van der Waals surface area contributed by atoms with Crippen molar-refractivity contribution in [2.75, 3.05) is 20.3 Å². The van der Waals surface area contributed by atoms with Gasteiger partial charge in [0.2, 0.25) is 5.91 Å². The van der Waals surface area contributed by atoms with Crippen LogP contribution in [0.1, 0.15) is 32.3 Å². The molecule has 1 aromatic carbocycles. The predicted octanol–water partition coefficient (Wildman–Crippen LogP) is 2.26. The largest absolute Gasteiger partial charge is 0.497 e. The van der Waals surface area contributed by atoms with Crippen molar-refractivity contribution in [3.63, 3.8) is 0 Å². The van der Waals surface area contributed by atoms with Crippen molar-refractivity contribution >= 4 is 29.6 Å². The van der Waals surface area contributed by atoms with E-state index in [-0.39, 0.29) is 36.1 Å². The summed E-state index contributed by atoms with van der Waals surface area (Å²) in [5, 5.41) is -0.0710. The van der Waals surface area contributed by atoms with Crippen LogP contribution in [-0.4, -0.2) is 48.3 Å². The van der Waals surface area contributed by atoms with Gasteiger partial charge in [0, 0.05) is 0 Å². The topological polar surface area (TPSA) is 108 Å². The maximum absolute atomic E-state index is 13.0. The molecule has 1 amide bonds. The fraction of sp³-hybridized carbons (Fsp3) is 0.381. The zero-order valence-electron chi connectivity index (χ0n) is 17.3. The van der Waals surface area contributed by atoms with Gasteiger partial charge in [0.15, 0.2) is 0 Å². The Kier molecular flexibility index (Phi) is 6.40. The Morgan fingerprint density at radius 2 is 1.63 bits per heavy atom. The Labute approximate surface area is 179 Å². The number of thioether (sulfide) groups is 1. The normalized spacial score (nSPS) is 20.9. The third-order valence-corrected chi connectivity index (χ3v) is 6.01. The molecule has 0 aromatic heterocycles. The van der Waals surface area contributed by atoms with Gasteiger partial charge in [-0.25, -0.2) is 9.59 Å². The molecule has 8 nitrogen and oxygen atoms in total. The van der Waals surface area contributed by atoms with E-state index in [0.29, 0.717) is 16.3 Å². The molecule has 0 unspecified atom stereocenters. The molecule has 2 N–H and O–H groups in total. The molecule has 1 fully saturated rings. The average Bonchev–Trinajstić information content (AvgIpc) is 3.02. The molecule has 0 aliphatic carbocycles. The Bertz CT molecular complexity index is 937. The van der Waals surface area contributed by atoms with E-state index in [2.05, 4.69) is 0 Å². The van der Waals surface area contributed by atoms with Crippen molar-refractivity contribution in [2.45, 2.75) is 31.9 Å². The van der Waals surface area contributed by atoms with Gasteiger partial charge in [-0.05, 0) is 38.5 Å².